The van der Waals surface area contributed by atoms with Gasteiger partial charge in [-0.1, -0.05) is 20.3 Å². The Hall–Kier alpha value is -0.780. The molecule has 18 heavy (non-hydrogen) atoms. The summed E-state index contributed by atoms with van der Waals surface area (Å²) in [4.78, 5) is 12.6. The molecule has 0 aromatic heterocycles. The molecule has 106 valence electrons. The van der Waals surface area contributed by atoms with E-state index in [1.54, 1.807) is 4.90 Å². The summed E-state index contributed by atoms with van der Waals surface area (Å²) in [5.41, 5.74) is -2.57. The van der Waals surface area contributed by atoms with Crippen LogP contribution in [0.2, 0.25) is 0 Å². The van der Waals surface area contributed by atoms with Crippen LogP contribution < -0.4 is 0 Å². The summed E-state index contributed by atoms with van der Waals surface area (Å²) < 4.78 is 38.8. The van der Waals surface area contributed by atoms with E-state index in [1.165, 1.54) is 0 Å². The largest absolute Gasteiger partial charge is 0.481 e. The van der Waals surface area contributed by atoms with Crippen LogP contribution in [0.5, 0.6) is 0 Å². The second-order valence-electron chi connectivity index (χ2n) is 5.26. The molecule has 1 saturated heterocycles. The maximum Gasteiger partial charge on any atom is 0.406 e. The van der Waals surface area contributed by atoms with Gasteiger partial charge in [-0.15, -0.1) is 0 Å². The minimum atomic E-state index is -4.68. The standard InChI is InChI=1S/C12H20F3NO2/c1-3-4-9(2)7-16-6-5-11(8-16,10(17)18)12(13,14)15/h9H,3-8H2,1-2H3,(H,17,18). The van der Waals surface area contributed by atoms with Crippen molar-refractivity contribution >= 4 is 5.97 Å². The van der Waals surface area contributed by atoms with Gasteiger partial charge in [0.05, 0.1) is 0 Å². The molecule has 1 aliphatic rings. The average Bonchev–Trinajstić information content (AvgIpc) is 2.62. The Bertz CT molecular complexity index is 306. The van der Waals surface area contributed by atoms with E-state index in [-0.39, 0.29) is 13.0 Å². The summed E-state index contributed by atoms with van der Waals surface area (Å²) in [6.07, 6.45) is -3.09. The van der Waals surface area contributed by atoms with Gasteiger partial charge < -0.3 is 10.0 Å². The molecule has 2 unspecified atom stereocenters. The first-order valence-corrected chi connectivity index (χ1v) is 6.25. The third-order valence-electron chi connectivity index (χ3n) is 3.65. The summed E-state index contributed by atoms with van der Waals surface area (Å²) in [5.74, 6) is -1.45. The molecule has 6 heteroatoms. The van der Waals surface area contributed by atoms with Crippen molar-refractivity contribution in [3.8, 4) is 0 Å². The Kier molecular flexibility index (Phi) is 4.64. The number of hydrogen-bond donors (Lipinski definition) is 1. The number of likely N-dealkylation sites (tertiary alicyclic amines) is 1. The first-order chi connectivity index (χ1) is 8.23. The van der Waals surface area contributed by atoms with Gasteiger partial charge in [0.2, 0.25) is 0 Å². The number of nitrogens with zero attached hydrogens (tertiary/aromatic N) is 1. The van der Waals surface area contributed by atoms with Crippen LogP contribution in [0.4, 0.5) is 13.2 Å². The normalized spacial score (nSPS) is 27.4. The highest BCUT2D eigenvalue weighted by molar-refractivity contribution is 5.76. The first kappa shape index (κ1) is 15.3. The minimum Gasteiger partial charge on any atom is -0.481 e. The van der Waals surface area contributed by atoms with Crippen molar-refractivity contribution in [1.29, 1.82) is 0 Å². The Morgan fingerprint density at radius 2 is 2.11 bits per heavy atom. The summed E-state index contributed by atoms with van der Waals surface area (Å²) >= 11 is 0. The van der Waals surface area contributed by atoms with Gasteiger partial charge in [-0.25, -0.2) is 0 Å². The maximum absolute atomic E-state index is 12.9. The third kappa shape index (κ3) is 2.96. The maximum atomic E-state index is 12.9. The van der Waals surface area contributed by atoms with Crippen molar-refractivity contribution in [2.75, 3.05) is 19.6 Å². The highest BCUT2D eigenvalue weighted by Crippen LogP contribution is 2.45. The van der Waals surface area contributed by atoms with E-state index >= 15 is 0 Å². The van der Waals surface area contributed by atoms with Crippen LogP contribution in [0.15, 0.2) is 0 Å². The van der Waals surface area contributed by atoms with Gasteiger partial charge in [-0.05, 0) is 25.3 Å². The molecule has 1 heterocycles. The molecule has 1 rings (SSSR count). The van der Waals surface area contributed by atoms with Crippen LogP contribution in [-0.4, -0.2) is 41.8 Å². The molecule has 0 bridgehead atoms. The van der Waals surface area contributed by atoms with Gasteiger partial charge in [0.15, 0.2) is 5.41 Å². The van der Waals surface area contributed by atoms with E-state index in [1.807, 2.05) is 13.8 Å². The van der Waals surface area contributed by atoms with Gasteiger partial charge in [0.1, 0.15) is 0 Å². The predicted molar refractivity (Wildman–Crippen MR) is 61.3 cm³/mol. The Balaban J connectivity index is 2.70. The lowest BCUT2D eigenvalue weighted by molar-refractivity contribution is -0.227. The number of rotatable bonds is 5. The van der Waals surface area contributed by atoms with Crippen LogP contribution in [0, 0.1) is 11.3 Å². The molecule has 1 fully saturated rings. The molecular formula is C12H20F3NO2. The molecule has 0 amide bonds. The molecule has 2 atom stereocenters. The molecule has 0 aromatic rings. The van der Waals surface area contributed by atoms with Crippen molar-refractivity contribution in [3.05, 3.63) is 0 Å². The zero-order valence-electron chi connectivity index (χ0n) is 10.8. The molecule has 3 nitrogen and oxygen atoms in total. The summed E-state index contributed by atoms with van der Waals surface area (Å²) in [7, 11) is 0. The van der Waals surface area contributed by atoms with E-state index in [2.05, 4.69) is 0 Å². The van der Waals surface area contributed by atoms with Crippen molar-refractivity contribution < 1.29 is 23.1 Å². The van der Waals surface area contributed by atoms with Crippen molar-refractivity contribution in [3.63, 3.8) is 0 Å². The fraction of sp³-hybridized carbons (Fsp3) is 0.917. The highest BCUT2D eigenvalue weighted by Gasteiger charge is 2.63. The topological polar surface area (TPSA) is 40.5 Å². The summed E-state index contributed by atoms with van der Waals surface area (Å²) in [5, 5.41) is 8.91. The molecule has 0 aliphatic carbocycles. The predicted octanol–water partition coefficient (Wildman–Crippen LogP) is 2.76. The van der Waals surface area contributed by atoms with Crippen LogP contribution in [0.25, 0.3) is 0 Å². The van der Waals surface area contributed by atoms with E-state index < -0.39 is 24.1 Å². The third-order valence-corrected chi connectivity index (χ3v) is 3.65. The van der Waals surface area contributed by atoms with E-state index in [4.69, 9.17) is 5.11 Å². The lowest BCUT2D eigenvalue weighted by Gasteiger charge is -2.28. The second kappa shape index (κ2) is 5.47. The number of aliphatic carboxylic acids is 1. The van der Waals surface area contributed by atoms with E-state index in [9.17, 15) is 18.0 Å². The van der Waals surface area contributed by atoms with Gasteiger partial charge >= 0.3 is 12.1 Å². The monoisotopic (exact) mass is 267 g/mol. The smallest absolute Gasteiger partial charge is 0.406 e. The van der Waals surface area contributed by atoms with E-state index in [0.29, 0.717) is 12.5 Å². The Morgan fingerprint density at radius 1 is 1.50 bits per heavy atom. The van der Waals surface area contributed by atoms with Crippen LogP contribution >= 0.6 is 0 Å². The molecule has 1 N–H and O–H groups in total. The molecule has 0 spiro atoms. The van der Waals surface area contributed by atoms with Crippen LogP contribution in [0.1, 0.15) is 33.1 Å². The van der Waals surface area contributed by atoms with Crippen LogP contribution in [0.3, 0.4) is 0 Å². The minimum absolute atomic E-state index is 0.208. The Morgan fingerprint density at radius 3 is 2.50 bits per heavy atom. The fourth-order valence-corrected chi connectivity index (χ4v) is 2.60. The number of carboxylic acids is 1. The van der Waals surface area contributed by atoms with Gasteiger partial charge in [0, 0.05) is 13.1 Å². The lowest BCUT2D eigenvalue weighted by atomic mass is 9.86. The number of carboxylic acid groups (broad SMARTS) is 1. The summed E-state index contributed by atoms with van der Waals surface area (Å²) in [6, 6.07) is 0. The first-order valence-electron chi connectivity index (χ1n) is 6.25. The lowest BCUT2D eigenvalue weighted by Crippen LogP contribution is -2.47. The SMILES string of the molecule is CCCC(C)CN1CCC(C(=O)O)(C(F)(F)F)C1. The Labute approximate surface area is 105 Å². The average molecular weight is 267 g/mol. The van der Waals surface area contributed by atoms with Gasteiger partial charge in [-0.3, -0.25) is 4.79 Å². The number of carbonyl (C=O) groups is 1. The number of halogens is 3. The molecule has 0 saturated carbocycles. The van der Waals surface area contributed by atoms with Crippen molar-refractivity contribution in [1.82, 2.24) is 4.90 Å². The molecule has 0 aromatic carbocycles. The number of alkyl halides is 3. The number of hydrogen-bond acceptors (Lipinski definition) is 2. The van der Waals surface area contributed by atoms with Gasteiger partial charge in [-0.2, -0.15) is 13.2 Å². The van der Waals surface area contributed by atoms with Crippen LogP contribution in [-0.2, 0) is 4.79 Å². The van der Waals surface area contributed by atoms with Gasteiger partial charge in [0.25, 0.3) is 0 Å². The zero-order valence-corrected chi connectivity index (χ0v) is 10.8. The zero-order chi connectivity index (χ0) is 14.0. The van der Waals surface area contributed by atoms with E-state index in [0.717, 1.165) is 12.8 Å². The fourth-order valence-electron chi connectivity index (χ4n) is 2.60. The molecule has 1 aliphatic heterocycles. The van der Waals surface area contributed by atoms with Crippen molar-refractivity contribution in [2.24, 2.45) is 11.3 Å². The molecule has 0 radical (unpaired) electrons. The second-order valence-corrected chi connectivity index (χ2v) is 5.26. The highest BCUT2D eigenvalue weighted by atomic mass is 19.4. The summed E-state index contributed by atoms with van der Waals surface area (Å²) in [6.45, 7) is 4.34. The quantitative estimate of drug-likeness (QED) is 0.832. The van der Waals surface area contributed by atoms with Crippen molar-refractivity contribution in [2.45, 2.75) is 39.3 Å². The molecular weight excluding hydrogens is 247 g/mol.